The minimum atomic E-state index is -1.12. The van der Waals surface area contributed by atoms with E-state index in [4.69, 9.17) is 14.2 Å². The normalized spacial score (nSPS) is 17.6. The lowest BCUT2D eigenvalue weighted by molar-refractivity contribution is -0.386. The highest BCUT2D eigenvalue weighted by Crippen LogP contribution is 2.48. The highest BCUT2D eigenvalue weighted by molar-refractivity contribution is 6.06. The molecular formula is C31H27N3O11. The lowest BCUT2D eigenvalue weighted by Gasteiger charge is -2.45. The summed E-state index contributed by atoms with van der Waals surface area (Å²) in [5, 5.41) is 32.1. The molecule has 5 rings (SSSR count). The second-order valence-corrected chi connectivity index (χ2v) is 10.4. The van der Waals surface area contributed by atoms with E-state index in [1.54, 1.807) is 36.4 Å². The molecule has 1 N–H and O–H groups in total. The van der Waals surface area contributed by atoms with Gasteiger partial charge in [0, 0.05) is 12.1 Å². The Morgan fingerprint density at radius 3 is 2.02 bits per heavy atom. The smallest absolute Gasteiger partial charge is 0.456 e. The Morgan fingerprint density at radius 2 is 1.47 bits per heavy atom. The number of amides is 1. The third kappa shape index (κ3) is 6.21. The van der Waals surface area contributed by atoms with Crippen LogP contribution in [0.3, 0.4) is 0 Å². The van der Waals surface area contributed by atoms with Crippen LogP contribution in [0.25, 0.3) is 5.57 Å². The maximum atomic E-state index is 13.5. The van der Waals surface area contributed by atoms with Gasteiger partial charge < -0.3 is 24.2 Å². The number of ether oxygens (including phenoxy) is 3. The first-order valence-electron chi connectivity index (χ1n) is 13.8. The van der Waals surface area contributed by atoms with Gasteiger partial charge in [0.1, 0.15) is 25.0 Å². The van der Waals surface area contributed by atoms with E-state index < -0.39 is 59.2 Å². The van der Waals surface area contributed by atoms with Crippen LogP contribution in [0.1, 0.15) is 35.6 Å². The molecule has 3 atom stereocenters. The number of rotatable bonds is 11. The number of carbonyl (C=O) groups is 3. The van der Waals surface area contributed by atoms with E-state index in [0.717, 1.165) is 0 Å². The third-order valence-electron chi connectivity index (χ3n) is 7.76. The zero-order valence-electron chi connectivity index (χ0n) is 23.9. The first-order valence-corrected chi connectivity index (χ1v) is 13.8. The average Bonchev–Trinajstić information content (AvgIpc) is 3.38. The van der Waals surface area contributed by atoms with Crippen molar-refractivity contribution in [3.8, 4) is 0 Å². The summed E-state index contributed by atoms with van der Waals surface area (Å²) < 4.78 is 15.9. The molecule has 232 valence electrons. The number of β-lactam (4-membered cyclic amide) rings is 1. The van der Waals surface area contributed by atoms with Crippen molar-refractivity contribution in [1.82, 2.24) is 4.90 Å². The van der Waals surface area contributed by atoms with Gasteiger partial charge in [-0.25, -0.2) is 9.59 Å². The molecule has 0 saturated carbocycles. The highest BCUT2D eigenvalue weighted by atomic mass is 16.7. The Hall–Kier alpha value is -5.63. The van der Waals surface area contributed by atoms with Crippen molar-refractivity contribution >= 4 is 35.0 Å². The number of fused-ring (bicyclic) bond motifs is 1. The molecule has 0 bridgehead atoms. The number of hydrogen-bond donors (Lipinski definition) is 1. The summed E-state index contributed by atoms with van der Waals surface area (Å²) in [6.07, 6.45) is -1.89. The Bertz CT molecular complexity index is 1700. The number of nitro groups is 2. The first kappa shape index (κ1) is 30.8. The van der Waals surface area contributed by atoms with Crippen LogP contribution in [0.4, 0.5) is 16.2 Å². The third-order valence-corrected chi connectivity index (χ3v) is 7.76. The molecule has 1 amide bonds. The fourth-order valence-corrected chi connectivity index (χ4v) is 5.54. The predicted molar refractivity (Wildman–Crippen MR) is 155 cm³/mol. The molecule has 14 heteroatoms. The number of aliphatic hydroxyl groups is 1. The maximum Gasteiger partial charge on any atom is 0.508 e. The molecule has 0 aromatic heterocycles. The van der Waals surface area contributed by atoms with Crippen molar-refractivity contribution in [2.24, 2.45) is 5.92 Å². The Kier molecular flexibility index (Phi) is 8.86. The minimum absolute atomic E-state index is 0.0252. The Morgan fingerprint density at radius 1 is 0.911 bits per heavy atom. The molecule has 0 aliphatic carbocycles. The summed E-state index contributed by atoms with van der Waals surface area (Å²) in [4.78, 5) is 62.1. The molecule has 2 aliphatic rings. The van der Waals surface area contributed by atoms with Crippen molar-refractivity contribution in [3.63, 3.8) is 0 Å². The van der Waals surface area contributed by atoms with Crippen LogP contribution >= 0.6 is 0 Å². The zero-order valence-corrected chi connectivity index (χ0v) is 23.9. The molecule has 2 heterocycles. The number of benzene rings is 3. The number of aliphatic hydroxyl groups excluding tert-OH is 1. The van der Waals surface area contributed by atoms with Gasteiger partial charge in [-0.1, -0.05) is 48.5 Å². The second kappa shape index (κ2) is 12.9. The summed E-state index contributed by atoms with van der Waals surface area (Å²) >= 11 is 0. The number of esters is 1. The first-order chi connectivity index (χ1) is 21.6. The van der Waals surface area contributed by atoms with Gasteiger partial charge >= 0.3 is 12.1 Å². The molecule has 0 spiro atoms. The lowest BCUT2D eigenvalue weighted by atomic mass is 9.82. The van der Waals surface area contributed by atoms with Crippen molar-refractivity contribution < 1.29 is 43.5 Å². The maximum absolute atomic E-state index is 13.5. The molecule has 45 heavy (non-hydrogen) atoms. The van der Waals surface area contributed by atoms with E-state index >= 15 is 0 Å². The van der Waals surface area contributed by atoms with Crippen LogP contribution in [0.5, 0.6) is 0 Å². The van der Waals surface area contributed by atoms with Crippen molar-refractivity contribution in [2.45, 2.75) is 45.3 Å². The van der Waals surface area contributed by atoms with E-state index in [1.807, 2.05) is 0 Å². The van der Waals surface area contributed by atoms with E-state index in [0.29, 0.717) is 16.7 Å². The van der Waals surface area contributed by atoms with Gasteiger partial charge in [0.25, 0.3) is 11.4 Å². The molecule has 1 fully saturated rings. The van der Waals surface area contributed by atoms with Crippen LogP contribution < -0.4 is 0 Å². The van der Waals surface area contributed by atoms with Gasteiger partial charge in [0.15, 0.2) is 0 Å². The van der Waals surface area contributed by atoms with Gasteiger partial charge in [-0.3, -0.25) is 25.0 Å². The summed E-state index contributed by atoms with van der Waals surface area (Å²) in [6, 6.07) is 17.8. The molecule has 3 aromatic carbocycles. The number of nitrogens with zero attached hydrogens (tertiary/aromatic N) is 3. The highest BCUT2D eigenvalue weighted by Gasteiger charge is 2.58. The van der Waals surface area contributed by atoms with Gasteiger partial charge in [0.05, 0.1) is 39.5 Å². The van der Waals surface area contributed by atoms with Crippen LogP contribution in [-0.4, -0.2) is 50.0 Å². The molecule has 0 unspecified atom stereocenters. The van der Waals surface area contributed by atoms with Crippen LogP contribution in [0.2, 0.25) is 0 Å². The van der Waals surface area contributed by atoms with E-state index in [-0.39, 0.29) is 41.2 Å². The summed E-state index contributed by atoms with van der Waals surface area (Å²) in [7, 11) is 0. The van der Waals surface area contributed by atoms with E-state index in [2.05, 4.69) is 0 Å². The van der Waals surface area contributed by atoms with E-state index in [1.165, 1.54) is 48.2 Å². The Balaban J connectivity index is 1.31. The average molecular weight is 618 g/mol. The zero-order chi connectivity index (χ0) is 32.2. The number of para-hydroxylation sites is 2. The predicted octanol–water partition coefficient (Wildman–Crippen LogP) is 4.42. The summed E-state index contributed by atoms with van der Waals surface area (Å²) in [5.41, 5.74) is 1.60. The van der Waals surface area contributed by atoms with Crippen LogP contribution in [-0.2, 0) is 43.6 Å². The molecule has 14 nitrogen and oxygen atoms in total. The standard InChI is InChI=1S/C31H27N3O11/c1-18(45-31(38)44-17-22-7-3-5-9-25(22)34(41)42)27-26-14-23(20-12-10-19(15-35)11-13-20)28(32(26)29(27)36)30(37)43-16-21-6-2-4-8-24(21)33(39)40/h2-13,18,26-27,35H,14-17H2,1H3/t18-,26-,27-/m1/s1. The number of carbonyl (C=O) groups excluding carboxylic acids is 3. The van der Waals surface area contributed by atoms with Crippen molar-refractivity contribution in [3.05, 3.63) is 121 Å². The molecule has 1 saturated heterocycles. The molecule has 3 aromatic rings. The van der Waals surface area contributed by atoms with E-state index in [9.17, 15) is 39.7 Å². The lowest BCUT2D eigenvalue weighted by Crippen LogP contribution is -2.62. The van der Waals surface area contributed by atoms with Gasteiger partial charge in [-0.15, -0.1) is 0 Å². The quantitative estimate of drug-likeness (QED) is 0.139. The number of nitro benzene ring substituents is 2. The SMILES string of the molecule is C[C@@H](OC(=O)OCc1ccccc1[N+](=O)[O-])[C@H]1C(=O)N2C(C(=O)OCc3ccccc3[N+](=O)[O-])=C(c3ccc(CO)cc3)C[C@H]12. The summed E-state index contributed by atoms with van der Waals surface area (Å²) in [6.45, 7) is 0.494. The molecule has 0 radical (unpaired) electrons. The Labute approximate surface area is 255 Å². The van der Waals surface area contributed by atoms with Crippen molar-refractivity contribution in [1.29, 1.82) is 0 Å². The monoisotopic (exact) mass is 617 g/mol. The van der Waals surface area contributed by atoms with Crippen LogP contribution in [0.15, 0.2) is 78.5 Å². The summed E-state index contributed by atoms with van der Waals surface area (Å²) in [5.74, 6) is -2.20. The topological polar surface area (TPSA) is 189 Å². The van der Waals surface area contributed by atoms with Crippen LogP contribution in [0, 0.1) is 26.1 Å². The van der Waals surface area contributed by atoms with Gasteiger partial charge in [0.2, 0.25) is 5.91 Å². The van der Waals surface area contributed by atoms with Gasteiger partial charge in [-0.2, -0.15) is 0 Å². The van der Waals surface area contributed by atoms with Crippen molar-refractivity contribution in [2.75, 3.05) is 0 Å². The fraction of sp³-hybridized carbons (Fsp3) is 0.258. The van der Waals surface area contributed by atoms with Gasteiger partial charge in [-0.05, 0) is 42.2 Å². The fourth-order valence-electron chi connectivity index (χ4n) is 5.54. The number of hydrogen-bond acceptors (Lipinski definition) is 11. The largest absolute Gasteiger partial charge is 0.508 e. The molecule has 2 aliphatic heterocycles. The second-order valence-electron chi connectivity index (χ2n) is 10.4. The molecular weight excluding hydrogens is 590 g/mol. The minimum Gasteiger partial charge on any atom is -0.456 e.